The van der Waals surface area contributed by atoms with Gasteiger partial charge in [-0.25, -0.2) is 4.79 Å². The second kappa shape index (κ2) is 5.23. The molecule has 1 aliphatic heterocycles. The van der Waals surface area contributed by atoms with Gasteiger partial charge in [-0.05, 0) is 30.4 Å². The Morgan fingerprint density at radius 2 is 2.10 bits per heavy atom. The van der Waals surface area contributed by atoms with Gasteiger partial charge < -0.3 is 10.0 Å². The number of carboxylic acids is 1. The molecule has 0 radical (unpaired) electrons. The van der Waals surface area contributed by atoms with E-state index in [-0.39, 0.29) is 28.6 Å². The number of aromatic carboxylic acids is 1. The number of amides is 1. The van der Waals surface area contributed by atoms with Crippen LogP contribution in [0.2, 0.25) is 0 Å². The molecule has 1 aliphatic rings. The zero-order valence-electron chi connectivity index (χ0n) is 12.1. The number of hydrogen-bond donors (Lipinski definition) is 1. The van der Waals surface area contributed by atoms with Gasteiger partial charge in [0.1, 0.15) is 5.69 Å². The van der Waals surface area contributed by atoms with Crippen molar-refractivity contribution >= 4 is 11.9 Å². The van der Waals surface area contributed by atoms with E-state index in [1.54, 1.807) is 0 Å². The largest absolute Gasteiger partial charge is 0.478 e. The highest BCUT2D eigenvalue weighted by Gasteiger charge is 2.37. The monoisotopic (exact) mass is 276 g/mol. The molecule has 0 aromatic carbocycles. The highest BCUT2D eigenvalue weighted by Crippen LogP contribution is 2.33. The normalized spacial score (nSPS) is 19.1. The van der Waals surface area contributed by atoms with E-state index in [0.29, 0.717) is 6.54 Å². The summed E-state index contributed by atoms with van der Waals surface area (Å²) in [5.74, 6) is -1.22. The number of carboxylic acid groups (broad SMARTS) is 1. The number of nitrogens with zero attached hydrogens (tertiary/aromatic N) is 2. The first kappa shape index (κ1) is 14.5. The first-order valence-corrected chi connectivity index (χ1v) is 6.81. The second-order valence-corrected chi connectivity index (χ2v) is 6.26. The minimum atomic E-state index is -1.05. The Hall–Kier alpha value is -1.91. The fourth-order valence-electron chi connectivity index (χ4n) is 2.74. The molecular weight excluding hydrogens is 256 g/mol. The van der Waals surface area contributed by atoms with Gasteiger partial charge in [0, 0.05) is 18.8 Å². The van der Waals surface area contributed by atoms with Gasteiger partial charge in [-0.15, -0.1) is 0 Å². The molecule has 1 saturated heterocycles. The number of carbonyl (C=O) groups excluding carboxylic acids is 1. The fraction of sp³-hybridized carbons (Fsp3) is 0.533. The van der Waals surface area contributed by atoms with Crippen LogP contribution in [0.15, 0.2) is 18.3 Å². The Morgan fingerprint density at radius 1 is 1.40 bits per heavy atom. The van der Waals surface area contributed by atoms with Crippen LogP contribution in [-0.2, 0) is 0 Å². The van der Waals surface area contributed by atoms with Crippen LogP contribution in [0.25, 0.3) is 0 Å². The van der Waals surface area contributed by atoms with Crippen molar-refractivity contribution in [1.82, 2.24) is 9.88 Å². The number of pyridine rings is 1. The zero-order chi connectivity index (χ0) is 14.9. The van der Waals surface area contributed by atoms with Crippen molar-refractivity contribution < 1.29 is 14.7 Å². The van der Waals surface area contributed by atoms with Gasteiger partial charge in [0.25, 0.3) is 5.91 Å². The third-order valence-corrected chi connectivity index (χ3v) is 3.74. The Balaban J connectivity index is 2.27. The SMILES string of the molecule is CC(C)(C)C1CCCN1C(=O)c1cc(C(=O)O)ccn1. The average Bonchev–Trinajstić information content (AvgIpc) is 2.87. The summed E-state index contributed by atoms with van der Waals surface area (Å²) < 4.78 is 0. The lowest BCUT2D eigenvalue weighted by Crippen LogP contribution is -2.43. The maximum atomic E-state index is 12.5. The molecule has 0 aliphatic carbocycles. The molecule has 1 amide bonds. The molecular formula is C15H20N2O3. The highest BCUT2D eigenvalue weighted by atomic mass is 16.4. The molecule has 0 saturated carbocycles. The van der Waals surface area contributed by atoms with E-state index in [1.807, 2.05) is 4.90 Å². The van der Waals surface area contributed by atoms with Crippen LogP contribution in [0.4, 0.5) is 0 Å². The van der Waals surface area contributed by atoms with Crippen molar-refractivity contribution in [2.75, 3.05) is 6.54 Å². The van der Waals surface area contributed by atoms with Crippen LogP contribution in [0, 0.1) is 5.41 Å². The van der Waals surface area contributed by atoms with E-state index >= 15 is 0 Å². The molecule has 1 aromatic heterocycles. The van der Waals surface area contributed by atoms with Crippen LogP contribution in [0.1, 0.15) is 54.5 Å². The first-order chi connectivity index (χ1) is 9.30. The number of hydrogen-bond acceptors (Lipinski definition) is 3. The predicted molar refractivity (Wildman–Crippen MR) is 74.7 cm³/mol. The van der Waals surface area contributed by atoms with E-state index in [1.165, 1.54) is 18.3 Å². The van der Waals surface area contributed by atoms with Crippen molar-refractivity contribution in [3.63, 3.8) is 0 Å². The molecule has 1 N–H and O–H groups in total. The van der Waals surface area contributed by atoms with Crippen molar-refractivity contribution in [3.05, 3.63) is 29.6 Å². The van der Waals surface area contributed by atoms with Crippen LogP contribution < -0.4 is 0 Å². The third kappa shape index (κ3) is 2.81. The summed E-state index contributed by atoms with van der Waals surface area (Å²) in [6, 6.07) is 2.91. The highest BCUT2D eigenvalue weighted by molar-refractivity contribution is 5.96. The Kier molecular flexibility index (Phi) is 3.79. The van der Waals surface area contributed by atoms with Gasteiger partial charge in [-0.3, -0.25) is 9.78 Å². The van der Waals surface area contributed by atoms with Crippen LogP contribution in [-0.4, -0.2) is 39.5 Å². The summed E-state index contributed by atoms with van der Waals surface area (Å²) in [5.41, 5.74) is 0.312. The van der Waals surface area contributed by atoms with Crippen LogP contribution in [0.3, 0.4) is 0 Å². The zero-order valence-corrected chi connectivity index (χ0v) is 12.1. The van der Waals surface area contributed by atoms with Crippen molar-refractivity contribution in [2.24, 2.45) is 5.41 Å². The fourth-order valence-corrected chi connectivity index (χ4v) is 2.74. The van der Waals surface area contributed by atoms with E-state index in [4.69, 9.17) is 5.11 Å². The van der Waals surface area contributed by atoms with E-state index in [9.17, 15) is 9.59 Å². The summed E-state index contributed by atoms with van der Waals surface area (Å²) in [5, 5.41) is 8.98. The maximum Gasteiger partial charge on any atom is 0.335 e. The molecule has 1 unspecified atom stereocenters. The van der Waals surface area contributed by atoms with Gasteiger partial charge in [-0.1, -0.05) is 20.8 Å². The molecule has 0 bridgehead atoms. The lowest BCUT2D eigenvalue weighted by molar-refractivity contribution is 0.0620. The van der Waals surface area contributed by atoms with E-state index in [2.05, 4.69) is 25.8 Å². The Bertz CT molecular complexity index is 534. The number of likely N-dealkylation sites (tertiary alicyclic amines) is 1. The minimum Gasteiger partial charge on any atom is -0.478 e. The topological polar surface area (TPSA) is 70.5 Å². The molecule has 2 heterocycles. The summed E-state index contributed by atoms with van der Waals surface area (Å²) in [6.07, 6.45) is 3.33. The summed E-state index contributed by atoms with van der Waals surface area (Å²) in [6.45, 7) is 7.05. The first-order valence-electron chi connectivity index (χ1n) is 6.81. The lowest BCUT2D eigenvalue weighted by Gasteiger charge is -2.34. The van der Waals surface area contributed by atoms with Gasteiger partial charge in [0.15, 0.2) is 0 Å². The third-order valence-electron chi connectivity index (χ3n) is 3.74. The number of rotatable bonds is 2. The van der Waals surface area contributed by atoms with Crippen molar-refractivity contribution in [2.45, 2.75) is 39.7 Å². The standard InChI is InChI=1S/C15H20N2O3/c1-15(2,3)12-5-4-8-17(12)13(18)11-9-10(14(19)20)6-7-16-11/h6-7,9,12H,4-5,8H2,1-3H3,(H,19,20). The average molecular weight is 276 g/mol. The summed E-state index contributed by atoms with van der Waals surface area (Å²) in [7, 11) is 0. The van der Waals surface area contributed by atoms with Crippen molar-refractivity contribution in [1.29, 1.82) is 0 Å². The minimum absolute atomic E-state index is 0.0105. The molecule has 2 rings (SSSR count). The molecule has 1 fully saturated rings. The molecule has 20 heavy (non-hydrogen) atoms. The quantitative estimate of drug-likeness (QED) is 0.900. The molecule has 5 heteroatoms. The number of aromatic nitrogens is 1. The molecule has 1 aromatic rings. The predicted octanol–water partition coefficient (Wildman–Crippen LogP) is 2.43. The molecule has 0 spiro atoms. The van der Waals surface area contributed by atoms with Gasteiger partial charge >= 0.3 is 5.97 Å². The second-order valence-electron chi connectivity index (χ2n) is 6.26. The molecule has 108 valence electrons. The van der Waals surface area contributed by atoms with E-state index in [0.717, 1.165) is 12.8 Å². The maximum absolute atomic E-state index is 12.5. The van der Waals surface area contributed by atoms with Gasteiger partial charge in [-0.2, -0.15) is 0 Å². The summed E-state index contributed by atoms with van der Waals surface area (Å²) >= 11 is 0. The molecule has 1 atom stereocenters. The Labute approximate surface area is 118 Å². The molecule has 5 nitrogen and oxygen atoms in total. The van der Waals surface area contributed by atoms with Gasteiger partial charge in [0.05, 0.1) is 5.56 Å². The number of carbonyl (C=O) groups is 2. The smallest absolute Gasteiger partial charge is 0.335 e. The van der Waals surface area contributed by atoms with Crippen LogP contribution >= 0.6 is 0 Å². The summed E-state index contributed by atoms with van der Waals surface area (Å²) in [4.78, 5) is 29.4. The lowest BCUT2D eigenvalue weighted by atomic mass is 9.85. The van der Waals surface area contributed by atoms with E-state index < -0.39 is 5.97 Å². The van der Waals surface area contributed by atoms with Crippen LogP contribution in [0.5, 0.6) is 0 Å². The van der Waals surface area contributed by atoms with Crippen molar-refractivity contribution in [3.8, 4) is 0 Å². The van der Waals surface area contributed by atoms with Gasteiger partial charge in [0.2, 0.25) is 0 Å². The Morgan fingerprint density at radius 3 is 2.70 bits per heavy atom.